The number of hydrogen-bond acceptors (Lipinski definition) is 3. The van der Waals surface area contributed by atoms with Gasteiger partial charge in [-0.3, -0.25) is 4.98 Å². The second-order valence-corrected chi connectivity index (χ2v) is 14.6. The minimum atomic E-state index is -0.223. The summed E-state index contributed by atoms with van der Waals surface area (Å²) in [4.78, 5) is 16.8. The summed E-state index contributed by atoms with van der Waals surface area (Å²) in [6, 6.07) is 3.60. The first-order chi connectivity index (χ1) is 18.2. The second kappa shape index (κ2) is 11.1. The summed E-state index contributed by atoms with van der Waals surface area (Å²) < 4.78 is 5.98. The highest BCUT2D eigenvalue weighted by Crippen LogP contribution is 2.67. The fourth-order valence-electron chi connectivity index (χ4n) is 10.2. The van der Waals surface area contributed by atoms with Crippen molar-refractivity contribution in [2.45, 2.75) is 118 Å². The van der Waals surface area contributed by atoms with E-state index in [4.69, 9.17) is 4.74 Å². The molecule has 0 saturated heterocycles. The van der Waals surface area contributed by atoms with Gasteiger partial charge in [0.25, 0.3) is 0 Å². The summed E-state index contributed by atoms with van der Waals surface area (Å²) in [5, 5.41) is 0. The molecular formula is C35H53NO2. The molecule has 1 heterocycles. The maximum Gasteiger partial charge on any atom is 0.339 e. The van der Waals surface area contributed by atoms with Crippen LogP contribution in [0.25, 0.3) is 0 Å². The number of allylic oxidation sites excluding steroid dienone is 1. The van der Waals surface area contributed by atoms with Crippen LogP contribution in [0.4, 0.5) is 0 Å². The molecule has 0 N–H and O–H groups in total. The van der Waals surface area contributed by atoms with E-state index in [1.807, 2.05) is 0 Å². The highest BCUT2D eigenvalue weighted by Gasteiger charge is 2.59. The van der Waals surface area contributed by atoms with Gasteiger partial charge in [-0.15, -0.1) is 0 Å². The van der Waals surface area contributed by atoms with Crippen LogP contribution >= 0.6 is 0 Å². The minimum Gasteiger partial charge on any atom is -0.458 e. The number of rotatable bonds is 8. The van der Waals surface area contributed by atoms with Crippen molar-refractivity contribution in [2.75, 3.05) is 0 Å². The summed E-state index contributed by atoms with van der Waals surface area (Å²) in [6.45, 7) is 15.1. The zero-order valence-electron chi connectivity index (χ0n) is 25.0. The molecule has 210 valence electrons. The van der Waals surface area contributed by atoms with E-state index < -0.39 is 0 Å². The molecule has 3 heteroatoms. The van der Waals surface area contributed by atoms with Crippen LogP contribution in [0.1, 0.15) is 123 Å². The van der Waals surface area contributed by atoms with Crippen LogP contribution < -0.4 is 0 Å². The number of nitrogens with zero attached hydrogens (tertiary/aromatic N) is 1. The lowest BCUT2D eigenvalue weighted by atomic mass is 9.47. The molecular weight excluding hydrogens is 466 g/mol. The molecule has 1 aromatic heterocycles. The van der Waals surface area contributed by atoms with Gasteiger partial charge in [0.2, 0.25) is 0 Å². The Morgan fingerprint density at radius 2 is 1.89 bits per heavy atom. The lowest BCUT2D eigenvalue weighted by Crippen LogP contribution is -2.51. The zero-order chi connectivity index (χ0) is 27.1. The summed E-state index contributed by atoms with van der Waals surface area (Å²) in [7, 11) is 0. The highest BCUT2D eigenvalue weighted by molar-refractivity contribution is 5.89. The normalized spacial score (nSPS) is 38.0. The number of hydrogen-bond donors (Lipinski definition) is 0. The molecule has 0 aliphatic heterocycles. The molecule has 0 spiro atoms. The van der Waals surface area contributed by atoms with Gasteiger partial charge in [-0.2, -0.15) is 0 Å². The molecule has 4 aliphatic rings. The highest BCUT2D eigenvalue weighted by atomic mass is 16.5. The van der Waals surface area contributed by atoms with Gasteiger partial charge in [0.15, 0.2) is 0 Å². The second-order valence-electron chi connectivity index (χ2n) is 14.6. The summed E-state index contributed by atoms with van der Waals surface area (Å²) in [6.07, 6.45) is 20.1. The molecule has 0 amide bonds. The summed E-state index contributed by atoms with van der Waals surface area (Å²) in [5.74, 6) is 5.75. The number of pyridine rings is 1. The van der Waals surface area contributed by atoms with Crippen molar-refractivity contribution in [3.8, 4) is 0 Å². The Hall–Kier alpha value is -1.64. The number of carbonyl (C=O) groups is 1. The van der Waals surface area contributed by atoms with E-state index in [1.165, 1.54) is 51.4 Å². The lowest BCUT2D eigenvalue weighted by Gasteiger charge is -2.58. The molecule has 4 aliphatic carbocycles. The van der Waals surface area contributed by atoms with Crippen molar-refractivity contribution < 1.29 is 9.53 Å². The molecule has 1 aromatic rings. The maximum absolute atomic E-state index is 12.7. The minimum absolute atomic E-state index is 0.00139. The third-order valence-electron chi connectivity index (χ3n) is 12.1. The Balaban J connectivity index is 1.26. The summed E-state index contributed by atoms with van der Waals surface area (Å²) >= 11 is 0. The average Bonchev–Trinajstić information content (AvgIpc) is 3.26. The molecule has 5 rings (SSSR count). The topological polar surface area (TPSA) is 39.2 Å². The van der Waals surface area contributed by atoms with Crippen molar-refractivity contribution in [3.05, 3.63) is 41.7 Å². The van der Waals surface area contributed by atoms with Gasteiger partial charge < -0.3 is 4.74 Å². The van der Waals surface area contributed by atoms with E-state index in [0.29, 0.717) is 11.0 Å². The standard InChI is InChI=1S/C35H53NO2/c1-7-25(19-23(2)3)20-24(4)30-12-13-31-29-11-10-27-21-28(38-33(37)26-9-8-18-36-22-26)14-16-34(27,5)32(29)15-17-35(30,31)6/h8-10,18,22-25,28-32H,7,11-17,19-21H2,1-6H3/t24-,25+,28+,29-,30-,31+,32+,34-,35+/m0/s1. The number of carbonyl (C=O) groups excluding carboxylic acids is 1. The largest absolute Gasteiger partial charge is 0.458 e. The van der Waals surface area contributed by atoms with Crippen LogP contribution in [-0.2, 0) is 4.74 Å². The monoisotopic (exact) mass is 519 g/mol. The molecule has 9 atom stereocenters. The Bertz CT molecular complexity index is 1000. The van der Waals surface area contributed by atoms with Crippen LogP contribution in [0.2, 0.25) is 0 Å². The van der Waals surface area contributed by atoms with Crippen LogP contribution in [0.5, 0.6) is 0 Å². The van der Waals surface area contributed by atoms with Crippen molar-refractivity contribution in [1.82, 2.24) is 4.98 Å². The Labute approximate surface area is 232 Å². The first-order valence-electron chi connectivity index (χ1n) is 16.0. The first-order valence-corrected chi connectivity index (χ1v) is 16.0. The van der Waals surface area contributed by atoms with E-state index in [-0.39, 0.29) is 17.5 Å². The first kappa shape index (κ1) is 27.9. The van der Waals surface area contributed by atoms with Crippen LogP contribution in [0.3, 0.4) is 0 Å². The van der Waals surface area contributed by atoms with E-state index in [2.05, 4.69) is 52.6 Å². The van der Waals surface area contributed by atoms with E-state index in [0.717, 1.165) is 60.7 Å². The number of fused-ring (bicyclic) bond motifs is 5. The molecule has 0 bridgehead atoms. The summed E-state index contributed by atoms with van der Waals surface area (Å²) in [5.41, 5.74) is 2.95. The maximum atomic E-state index is 12.7. The van der Waals surface area contributed by atoms with Crippen LogP contribution in [0, 0.1) is 52.3 Å². The van der Waals surface area contributed by atoms with Crippen LogP contribution in [-0.4, -0.2) is 17.1 Å². The lowest BCUT2D eigenvalue weighted by molar-refractivity contribution is -0.0602. The van der Waals surface area contributed by atoms with Gasteiger partial charge in [0.1, 0.15) is 6.10 Å². The fraction of sp³-hybridized carbons (Fsp3) is 0.771. The van der Waals surface area contributed by atoms with E-state index in [9.17, 15) is 4.79 Å². The predicted molar refractivity (Wildman–Crippen MR) is 156 cm³/mol. The van der Waals surface area contributed by atoms with Crippen molar-refractivity contribution in [2.24, 2.45) is 52.3 Å². The average molecular weight is 520 g/mol. The van der Waals surface area contributed by atoms with Crippen molar-refractivity contribution in [1.29, 1.82) is 0 Å². The quantitative estimate of drug-likeness (QED) is 0.254. The van der Waals surface area contributed by atoms with Crippen molar-refractivity contribution in [3.63, 3.8) is 0 Å². The smallest absolute Gasteiger partial charge is 0.339 e. The number of ether oxygens (including phenoxy) is 1. The Kier molecular flexibility index (Phi) is 8.14. The third kappa shape index (κ3) is 5.13. The molecule has 0 aromatic carbocycles. The SMILES string of the molecule is CC[C@H](CC(C)C)C[C@H](C)[C@@H]1CC[C@@H]2[C@@H]3CC=C4C[C@H](OC(=O)c5cccnc5)CC[C@]4(C)[C@@H]3CC[C@@]21C. The number of aromatic nitrogens is 1. The molecule has 3 fully saturated rings. The third-order valence-corrected chi connectivity index (χ3v) is 12.1. The van der Waals surface area contributed by atoms with Crippen LogP contribution in [0.15, 0.2) is 36.2 Å². The van der Waals surface area contributed by atoms with Gasteiger partial charge in [-0.25, -0.2) is 4.79 Å². The molecule has 3 saturated carbocycles. The van der Waals surface area contributed by atoms with Gasteiger partial charge in [0, 0.05) is 18.8 Å². The number of esters is 1. The van der Waals surface area contributed by atoms with Gasteiger partial charge in [0.05, 0.1) is 5.56 Å². The Morgan fingerprint density at radius 1 is 1.08 bits per heavy atom. The molecule has 0 unspecified atom stereocenters. The van der Waals surface area contributed by atoms with E-state index in [1.54, 1.807) is 30.1 Å². The van der Waals surface area contributed by atoms with Gasteiger partial charge in [-0.1, -0.05) is 59.6 Å². The zero-order valence-corrected chi connectivity index (χ0v) is 25.0. The van der Waals surface area contributed by atoms with E-state index >= 15 is 0 Å². The van der Waals surface area contributed by atoms with Gasteiger partial charge in [-0.05, 0) is 122 Å². The molecule has 3 nitrogen and oxygen atoms in total. The Morgan fingerprint density at radius 3 is 2.61 bits per heavy atom. The molecule has 0 radical (unpaired) electrons. The molecule has 38 heavy (non-hydrogen) atoms. The predicted octanol–water partition coefficient (Wildman–Crippen LogP) is 9.28. The van der Waals surface area contributed by atoms with Gasteiger partial charge >= 0.3 is 5.97 Å². The van der Waals surface area contributed by atoms with Crippen molar-refractivity contribution >= 4 is 5.97 Å². The fourth-order valence-corrected chi connectivity index (χ4v) is 10.2.